The molecule has 2 rings (SSSR count). The largest absolute Gasteiger partial charge is 0.336 e. The lowest BCUT2D eigenvalue weighted by Crippen LogP contribution is -2.25. The molecule has 0 spiro atoms. The molecule has 1 aromatic rings. The normalized spacial score (nSPS) is 19.6. The number of aryl methyl sites for hydroxylation is 1. The fourth-order valence-corrected chi connectivity index (χ4v) is 1.54. The zero-order chi connectivity index (χ0) is 8.77. The molecular weight excluding hydrogens is 174 g/mol. The minimum atomic E-state index is 0.0113. The van der Waals surface area contributed by atoms with Crippen molar-refractivity contribution in [3.63, 3.8) is 0 Å². The Bertz CT molecular complexity index is 282. The van der Waals surface area contributed by atoms with Crippen LogP contribution in [0, 0.1) is 0 Å². The molecule has 0 unspecified atom stereocenters. The first-order valence-corrected chi connectivity index (χ1v) is 4.43. The maximum Gasteiger partial charge on any atom is 0.150 e. The number of rotatable bonds is 2. The van der Waals surface area contributed by atoms with Gasteiger partial charge in [-0.1, -0.05) is 11.6 Å². The van der Waals surface area contributed by atoms with Gasteiger partial charge in [0.05, 0.1) is 12.0 Å². The maximum absolute atomic E-state index is 5.98. The van der Waals surface area contributed by atoms with Crippen molar-refractivity contribution in [1.29, 1.82) is 0 Å². The van der Waals surface area contributed by atoms with Gasteiger partial charge in [-0.3, -0.25) is 0 Å². The molecule has 1 saturated carbocycles. The molecule has 3 nitrogen and oxygen atoms in total. The van der Waals surface area contributed by atoms with Crippen LogP contribution in [-0.4, -0.2) is 15.1 Å². The van der Waals surface area contributed by atoms with E-state index >= 15 is 0 Å². The van der Waals surface area contributed by atoms with Crippen LogP contribution in [0.2, 0.25) is 5.15 Å². The molecular formula is C8H12ClN3. The van der Waals surface area contributed by atoms with Crippen LogP contribution in [0.4, 0.5) is 0 Å². The lowest BCUT2D eigenvalue weighted by Gasteiger charge is -2.08. The summed E-state index contributed by atoms with van der Waals surface area (Å²) >= 11 is 5.89. The highest BCUT2D eigenvalue weighted by Crippen LogP contribution is 2.36. The quantitative estimate of drug-likeness (QED) is 0.750. The SMILES string of the molecule is Cn1cnc(Cl)c1CC1(N)CC1. The standard InChI is InChI=1S/C8H12ClN3/c1-12-5-11-7(9)6(12)4-8(10)2-3-8/h5H,2-4,10H2,1H3. The fourth-order valence-electron chi connectivity index (χ4n) is 1.30. The highest BCUT2D eigenvalue weighted by atomic mass is 35.5. The summed E-state index contributed by atoms with van der Waals surface area (Å²) in [6.45, 7) is 0. The van der Waals surface area contributed by atoms with Crippen molar-refractivity contribution in [3.05, 3.63) is 17.2 Å². The number of hydrogen-bond donors (Lipinski definition) is 1. The van der Waals surface area contributed by atoms with E-state index < -0.39 is 0 Å². The van der Waals surface area contributed by atoms with Crippen LogP contribution < -0.4 is 5.73 Å². The van der Waals surface area contributed by atoms with Crippen LogP contribution in [0.25, 0.3) is 0 Å². The summed E-state index contributed by atoms with van der Waals surface area (Å²) in [4.78, 5) is 4.00. The first-order chi connectivity index (χ1) is 5.61. The molecule has 1 aliphatic carbocycles. The predicted molar refractivity (Wildman–Crippen MR) is 48.1 cm³/mol. The van der Waals surface area contributed by atoms with Crippen molar-refractivity contribution >= 4 is 11.6 Å². The van der Waals surface area contributed by atoms with Crippen molar-refractivity contribution in [3.8, 4) is 0 Å². The van der Waals surface area contributed by atoms with Crippen molar-refractivity contribution in [1.82, 2.24) is 9.55 Å². The minimum Gasteiger partial charge on any atom is -0.336 e. The van der Waals surface area contributed by atoms with E-state index in [1.165, 1.54) is 0 Å². The van der Waals surface area contributed by atoms with Gasteiger partial charge in [0.2, 0.25) is 0 Å². The Labute approximate surface area is 76.5 Å². The summed E-state index contributed by atoms with van der Waals surface area (Å²) in [7, 11) is 1.94. The third-order valence-corrected chi connectivity index (χ3v) is 2.74. The number of aromatic nitrogens is 2. The molecule has 0 bridgehead atoms. The van der Waals surface area contributed by atoms with Gasteiger partial charge in [0.15, 0.2) is 0 Å². The molecule has 1 aliphatic rings. The van der Waals surface area contributed by atoms with Gasteiger partial charge in [-0.05, 0) is 12.8 Å². The van der Waals surface area contributed by atoms with E-state index in [1.807, 2.05) is 11.6 Å². The third-order valence-electron chi connectivity index (χ3n) is 2.42. The molecule has 0 saturated heterocycles. The summed E-state index contributed by atoms with van der Waals surface area (Å²) in [5.41, 5.74) is 7.04. The van der Waals surface area contributed by atoms with Gasteiger partial charge in [-0.25, -0.2) is 4.98 Å². The van der Waals surface area contributed by atoms with E-state index in [0.29, 0.717) is 5.15 Å². The Morgan fingerprint density at radius 1 is 1.75 bits per heavy atom. The molecule has 0 atom stereocenters. The number of nitrogens with two attached hydrogens (primary N) is 1. The number of halogens is 1. The summed E-state index contributed by atoms with van der Waals surface area (Å²) in [5, 5.41) is 0.592. The van der Waals surface area contributed by atoms with E-state index in [4.69, 9.17) is 17.3 Å². The molecule has 0 aliphatic heterocycles. The smallest absolute Gasteiger partial charge is 0.150 e. The van der Waals surface area contributed by atoms with Gasteiger partial charge in [-0.15, -0.1) is 0 Å². The van der Waals surface area contributed by atoms with Crippen LogP contribution in [-0.2, 0) is 13.5 Å². The third kappa shape index (κ3) is 1.34. The zero-order valence-electron chi connectivity index (χ0n) is 7.05. The summed E-state index contributed by atoms with van der Waals surface area (Å²) in [5.74, 6) is 0. The number of imidazole rings is 1. The van der Waals surface area contributed by atoms with Crippen LogP contribution in [0.3, 0.4) is 0 Å². The van der Waals surface area contributed by atoms with Gasteiger partial charge in [0.25, 0.3) is 0 Å². The Kier molecular flexibility index (Phi) is 1.66. The van der Waals surface area contributed by atoms with Gasteiger partial charge >= 0.3 is 0 Å². The van der Waals surface area contributed by atoms with E-state index in [0.717, 1.165) is 25.0 Å². The van der Waals surface area contributed by atoms with Crippen LogP contribution >= 0.6 is 11.6 Å². The summed E-state index contributed by atoms with van der Waals surface area (Å²) in [6.07, 6.45) is 4.79. The second-order valence-corrected chi connectivity index (χ2v) is 3.99. The van der Waals surface area contributed by atoms with Crippen molar-refractivity contribution in [2.24, 2.45) is 12.8 Å². The van der Waals surface area contributed by atoms with Gasteiger partial charge in [-0.2, -0.15) is 0 Å². The molecule has 1 aromatic heterocycles. The summed E-state index contributed by atoms with van der Waals surface area (Å²) < 4.78 is 1.94. The molecule has 66 valence electrons. The molecule has 0 radical (unpaired) electrons. The van der Waals surface area contributed by atoms with E-state index in [-0.39, 0.29) is 5.54 Å². The van der Waals surface area contributed by atoms with Crippen LogP contribution in [0.15, 0.2) is 6.33 Å². The molecule has 12 heavy (non-hydrogen) atoms. The lowest BCUT2D eigenvalue weighted by atomic mass is 10.1. The van der Waals surface area contributed by atoms with Crippen LogP contribution in [0.5, 0.6) is 0 Å². The summed E-state index contributed by atoms with van der Waals surface area (Å²) in [6, 6.07) is 0. The molecule has 0 aromatic carbocycles. The van der Waals surface area contributed by atoms with Gasteiger partial charge in [0.1, 0.15) is 5.15 Å². The number of nitrogens with zero attached hydrogens (tertiary/aromatic N) is 2. The van der Waals surface area contributed by atoms with Crippen LogP contribution in [0.1, 0.15) is 18.5 Å². The average Bonchev–Trinajstić information content (AvgIpc) is 2.67. The van der Waals surface area contributed by atoms with Crippen molar-refractivity contribution in [2.75, 3.05) is 0 Å². The average molecular weight is 186 g/mol. The van der Waals surface area contributed by atoms with E-state index in [2.05, 4.69) is 4.98 Å². The first-order valence-electron chi connectivity index (χ1n) is 4.05. The Morgan fingerprint density at radius 3 is 2.83 bits per heavy atom. The molecule has 0 amide bonds. The second kappa shape index (κ2) is 2.47. The highest BCUT2D eigenvalue weighted by Gasteiger charge is 2.39. The minimum absolute atomic E-state index is 0.0113. The van der Waals surface area contributed by atoms with E-state index in [9.17, 15) is 0 Å². The lowest BCUT2D eigenvalue weighted by molar-refractivity contribution is 0.638. The Morgan fingerprint density at radius 2 is 2.42 bits per heavy atom. The highest BCUT2D eigenvalue weighted by molar-refractivity contribution is 6.30. The monoisotopic (exact) mass is 185 g/mol. The van der Waals surface area contributed by atoms with Gasteiger partial charge in [0, 0.05) is 19.0 Å². The predicted octanol–water partition coefficient (Wildman–Crippen LogP) is 1.11. The second-order valence-electron chi connectivity index (χ2n) is 3.63. The van der Waals surface area contributed by atoms with E-state index in [1.54, 1.807) is 6.33 Å². The molecule has 4 heteroatoms. The Hall–Kier alpha value is -0.540. The van der Waals surface area contributed by atoms with Crippen molar-refractivity contribution in [2.45, 2.75) is 24.8 Å². The molecule has 1 heterocycles. The maximum atomic E-state index is 5.98. The zero-order valence-corrected chi connectivity index (χ0v) is 7.80. The first kappa shape index (κ1) is 8.08. The topological polar surface area (TPSA) is 43.8 Å². The Balaban J connectivity index is 2.21. The fraction of sp³-hybridized carbons (Fsp3) is 0.625. The molecule has 2 N–H and O–H groups in total. The number of hydrogen-bond acceptors (Lipinski definition) is 2. The molecule has 1 fully saturated rings. The van der Waals surface area contributed by atoms with Gasteiger partial charge < -0.3 is 10.3 Å². The van der Waals surface area contributed by atoms with Crippen molar-refractivity contribution < 1.29 is 0 Å².